The molecule has 1 heterocycles. The van der Waals surface area contributed by atoms with Gasteiger partial charge in [0.25, 0.3) is 0 Å². The van der Waals surface area contributed by atoms with Crippen molar-refractivity contribution >= 4 is 21.7 Å². The number of benzene rings is 1. The molecule has 0 fully saturated rings. The van der Waals surface area contributed by atoms with Gasteiger partial charge in [0, 0.05) is 15.6 Å². The van der Waals surface area contributed by atoms with Crippen molar-refractivity contribution in [1.82, 2.24) is 0 Å². The minimum Gasteiger partial charge on any atom is -0.501 e. The largest absolute Gasteiger partial charge is 0.501 e. The second-order valence-electron chi connectivity index (χ2n) is 3.93. The van der Waals surface area contributed by atoms with Crippen LogP contribution in [-0.2, 0) is 4.74 Å². The third kappa shape index (κ3) is 2.35. The monoisotopic (exact) mass is 280 g/mol. The third-order valence-corrected chi connectivity index (χ3v) is 3.28. The Hall–Kier alpha value is -1.09. The van der Waals surface area contributed by atoms with Crippen LogP contribution in [0.1, 0.15) is 28.8 Å². The van der Waals surface area contributed by atoms with Gasteiger partial charge in [0.05, 0.1) is 12.9 Å². The molecule has 1 aromatic rings. The minimum atomic E-state index is 0.0651. The summed E-state index contributed by atoms with van der Waals surface area (Å²) in [5.41, 5.74) is 2.57. The van der Waals surface area contributed by atoms with Crippen LogP contribution in [0.4, 0.5) is 0 Å². The summed E-state index contributed by atoms with van der Waals surface area (Å²) in [4.78, 5) is 12.2. The Kier molecular flexibility index (Phi) is 3.44. The maximum atomic E-state index is 12.2. The molecule has 0 aromatic heterocycles. The number of allylic oxidation sites excluding steroid dienone is 1. The Balaban J connectivity index is 2.33. The third-order valence-electron chi connectivity index (χ3n) is 2.59. The molecule has 1 aromatic carbocycles. The van der Waals surface area contributed by atoms with Crippen molar-refractivity contribution < 1.29 is 9.53 Å². The Bertz CT molecular complexity index is 449. The maximum Gasteiger partial charge on any atom is 0.193 e. The lowest BCUT2D eigenvalue weighted by Gasteiger charge is -2.13. The van der Waals surface area contributed by atoms with Crippen LogP contribution >= 0.6 is 15.9 Å². The van der Waals surface area contributed by atoms with E-state index < -0.39 is 0 Å². The van der Waals surface area contributed by atoms with Gasteiger partial charge >= 0.3 is 0 Å². The highest BCUT2D eigenvalue weighted by atomic mass is 79.9. The number of carbonyl (C=O) groups is 1. The van der Waals surface area contributed by atoms with Gasteiger partial charge in [-0.05, 0) is 31.9 Å². The van der Waals surface area contributed by atoms with Gasteiger partial charge in [-0.15, -0.1) is 0 Å². The fraction of sp³-hybridized carbons (Fsp3) is 0.308. The Morgan fingerprint density at radius 3 is 2.94 bits per heavy atom. The van der Waals surface area contributed by atoms with E-state index in [0.29, 0.717) is 6.61 Å². The first-order valence-electron chi connectivity index (χ1n) is 5.30. The van der Waals surface area contributed by atoms with Crippen molar-refractivity contribution in [3.8, 4) is 0 Å². The molecule has 0 amide bonds. The molecule has 3 heteroatoms. The molecule has 16 heavy (non-hydrogen) atoms. The highest BCUT2D eigenvalue weighted by Gasteiger charge is 2.17. The van der Waals surface area contributed by atoms with E-state index in [-0.39, 0.29) is 5.78 Å². The molecule has 1 aliphatic rings. The summed E-state index contributed by atoms with van der Waals surface area (Å²) in [5.74, 6) is 0.0651. The summed E-state index contributed by atoms with van der Waals surface area (Å²) in [6, 6.07) is 5.79. The predicted molar refractivity (Wildman–Crippen MR) is 66.5 cm³/mol. The molecular weight excluding hydrogens is 268 g/mol. The molecule has 0 radical (unpaired) electrons. The summed E-state index contributed by atoms with van der Waals surface area (Å²) in [7, 11) is 0. The average molecular weight is 281 g/mol. The van der Waals surface area contributed by atoms with Crippen molar-refractivity contribution in [3.63, 3.8) is 0 Å². The fourth-order valence-electron chi connectivity index (χ4n) is 1.72. The zero-order valence-electron chi connectivity index (χ0n) is 9.13. The predicted octanol–water partition coefficient (Wildman–Crippen LogP) is 3.63. The van der Waals surface area contributed by atoms with Crippen LogP contribution in [0.2, 0.25) is 0 Å². The molecule has 0 N–H and O–H groups in total. The molecule has 0 atom stereocenters. The average Bonchev–Trinajstić information content (AvgIpc) is 2.32. The van der Waals surface area contributed by atoms with E-state index in [4.69, 9.17) is 4.74 Å². The van der Waals surface area contributed by atoms with Gasteiger partial charge < -0.3 is 4.74 Å². The van der Waals surface area contributed by atoms with Gasteiger partial charge in [-0.3, -0.25) is 4.79 Å². The summed E-state index contributed by atoms with van der Waals surface area (Å²) < 4.78 is 6.04. The molecule has 84 valence electrons. The molecular formula is C13H13BrO2. The number of ether oxygens (including phenoxy) is 1. The van der Waals surface area contributed by atoms with Gasteiger partial charge in [-0.1, -0.05) is 27.6 Å². The number of aryl methyl sites for hydroxylation is 1. The van der Waals surface area contributed by atoms with Gasteiger partial charge in [-0.25, -0.2) is 0 Å². The zero-order chi connectivity index (χ0) is 11.5. The summed E-state index contributed by atoms with van der Waals surface area (Å²) in [6.45, 7) is 2.70. The molecule has 1 aliphatic heterocycles. The molecule has 2 rings (SSSR count). The SMILES string of the molecule is Cc1ccc(Br)c(C(=O)C2=COCCC2)c1. The van der Waals surface area contributed by atoms with Crippen LogP contribution < -0.4 is 0 Å². The Morgan fingerprint density at radius 1 is 1.44 bits per heavy atom. The van der Waals surface area contributed by atoms with Gasteiger partial charge in [0.1, 0.15) is 0 Å². The zero-order valence-corrected chi connectivity index (χ0v) is 10.7. The number of carbonyl (C=O) groups excluding carboxylic acids is 1. The van der Waals surface area contributed by atoms with Crippen molar-refractivity contribution in [3.05, 3.63) is 45.6 Å². The van der Waals surface area contributed by atoms with E-state index in [0.717, 1.165) is 34.0 Å². The number of rotatable bonds is 2. The standard InChI is InChI=1S/C13H13BrO2/c1-9-4-5-12(14)11(7-9)13(15)10-3-2-6-16-8-10/h4-5,7-8H,2-3,6H2,1H3. The van der Waals surface area contributed by atoms with Crippen LogP contribution in [0.25, 0.3) is 0 Å². The topological polar surface area (TPSA) is 26.3 Å². The van der Waals surface area contributed by atoms with Crippen molar-refractivity contribution in [2.45, 2.75) is 19.8 Å². The van der Waals surface area contributed by atoms with Crippen LogP contribution in [-0.4, -0.2) is 12.4 Å². The molecule has 0 spiro atoms. The highest BCUT2D eigenvalue weighted by molar-refractivity contribution is 9.10. The van der Waals surface area contributed by atoms with Crippen molar-refractivity contribution in [2.24, 2.45) is 0 Å². The maximum absolute atomic E-state index is 12.2. The normalized spacial score (nSPS) is 15.2. The number of Topliss-reactive ketones (excluding diaryl/α,β-unsaturated/α-hetero) is 1. The van der Waals surface area contributed by atoms with E-state index in [1.54, 1.807) is 6.26 Å². The highest BCUT2D eigenvalue weighted by Crippen LogP contribution is 2.24. The Morgan fingerprint density at radius 2 is 2.25 bits per heavy atom. The van der Waals surface area contributed by atoms with E-state index in [9.17, 15) is 4.79 Å². The Labute approximate surface area is 103 Å². The number of hydrogen-bond acceptors (Lipinski definition) is 2. The van der Waals surface area contributed by atoms with Crippen molar-refractivity contribution in [2.75, 3.05) is 6.61 Å². The summed E-state index contributed by atoms with van der Waals surface area (Å²) in [6.07, 6.45) is 3.32. The second-order valence-corrected chi connectivity index (χ2v) is 4.78. The van der Waals surface area contributed by atoms with E-state index in [1.165, 1.54) is 0 Å². The first-order chi connectivity index (χ1) is 7.68. The number of halogens is 1. The molecule has 0 saturated carbocycles. The quantitative estimate of drug-likeness (QED) is 0.774. The molecule has 2 nitrogen and oxygen atoms in total. The minimum absolute atomic E-state index is 0.0651. The summed E-state index contributed by atoms with van der Waals surface area (Å²) in [5, 5.41) is 0. The lowest BCUT2D eigenvalue weighted by atomic mass is 9.98. The van der Waals surface area contributed by atoms with Crippen molar-refractivity contribution in [1.29, 1.82) is 0 Å². The van der Waals surface area contributed by atoms with Crippen LogP contribution in [0, 0.1) is 6.92 Å². The van der Waals surface area contributed by atoms with Gasteiger partial charge in [-0.2, -0.15) is 0 Å². The van der Waals surface area contributed by atoms with E-state index >= 15 is 0 Å². The summed E-state index contributed by atoms with van der Waals surface area (Å²) >= 11 is 3.41. The fourth-order valence-corrected chi connectivity index (χ4v) is 2.14. The second kappa shape index (κ2) is 4.83. The van der Waals surface area contributed by atoms with Crippen LogP contribution in [0.5, 0.6) is 0 Å². The molecule has 0 aliphatic carbocycles. The molecule has 0 saturated heterocycles. The lowest BCUT2D eigenvalue weighted by Crippen LogP contribution is -2.10. The van der Waals surface area contributed by atoms with E-state index in [1.807, 2.05) is 25.1 Å². The smallest absolute Gasteiger partial charge is 0.193 e. The number of ketones is 1. The van der Waals surface area contributed by atoms with Gasteiger partial charge in [0.15, 0.2) is 5.78 Å². The first kappa shape index (κ1) is 11.4. The molecule has 0 bridgehead atoms. The van der Waals surface area contributed by atoms with Gasteiger partial charge in [0.2, 0.25) is 0 Å². The van der Waals surface area contributed by atoms with Crippen LogP contribution in [0.15, 0.2) is 34.5 Å². The number of hydrogen-bond donors (Lipinski definition) is 0. The van der Waals surface area contributed by atoms with Crippen LogP contribution in [0.3, 0.4) is 0 Å². The van der Waals surface area contributed by atoms with E-state index in [2.05, 4.69) is 15.9 Å². The lowest BCUT2D eigenvalue weighted by molar-refractivity contribution is 0.101. The first-order valence-corrected chi connectivity index (χ1v) is 6.09. The molecule has 0 unspecified atom stereocenters.